The first kappa shape index (κ1) is 23.4. The molecule has 12 nitrogen and oxygen atoms in total. The smallest absolute Gasteiger partial charge is 0.352 e. The van der Waals surface area contributed by atoms with E-state index in [4.69, 9.17) is 10.6 Å². The van der Waals surface area contributed by atoms with E-state index < -0.39 is 29.2 Å². The fourth-order valence-corrected chi connectivity index (χ4v) is 5.05. The second kappa shape index (κ2) is 10.0. The van der Waals surface area contributed by atoms with Crippen LogP contribution in [0.3, 0.4) is 0 Å². The van der Waals surface area contributed by atoms with Gasteiger partial charge in [-0.05, 0) is 30.2 Å². The molecular weight excluding hydrogens is 482 g/mol. The minimum Gasteiger partial charge on any atom is -0.477 e. The van der Waals surface area contributed by atoms with Gasteiger partial charge < -0.3 is 21.0 Å². The number of carboxylic acids is 1. The molecule has 0 spiro atoms. The van der Waals surface area contributed by atoms with Gasteiger partial charge in [0.25, 0.3) is 11.8 Å². The predicted molar refractivity (Wildman–Crippen MR) is 125 cm³/mol. The maximum absolute atomic E-state index is 12.9. The number of hydrogen-bond acceptors (Lipinski definition) is 11. The Morgan fingerprint density at radius 1 is 1.38 bits per heavy atom. The number of anilines is 1. The maximum atomic E-state index is 12.9. The minimum absolute atomic E-state index is 0.0250. The van der Waals surface area contributed by atoms with Crippen LogP contribution in [0.5, 0.6) is 0 Å². The Morgan fingerprint density at radius 3 is 2.79 bits per heavy atom. The van der Waals surface area contributed by atoms with Crippen molar-refractivity contribution in [3.63, 3.8) is 0 Å². The lowest BCUT2D eigenvalue weighted by molar-refractivity contribution is -0.150. The molecule has 1 saturated heterocycles. The molecule has 14 heteroatoms. The number of nitrogens with two attached hydrogens (primary N) is 1. The van der Waals surface area contributed by atoms with Crippen LogP contribution < -0.4 is 11.1 Å². The standard InChI is InChI=1S/C20H19N7O5S2/c1-2-32-25-12(15-24-20(21)34-26-15)16(28)23-13-17(29)27-14(19(30)31)11(9-33-18(13)27)4-3-10-5-7-22-8-6-10/h3-8,13,18H,2,9H2,1H3,(H,23,28)(H,30,31)(H2,21,24,26)/t13?,18-/m1/s1. The summed E-state index contributed by atoms with van der Waals surface area (Å²) in [6.45, 7) is 1.89. The Hall–Kier alpha value is -3.78. The van der Waals surface area contributed by atoms with E-state index in [1.165, 1.54) is 16.7 Å². The molecule has 0 saturated carbocycles. The Kier molecular flexibility index (Phi) is 6.88. The van der Waals surface area contributed by atoms with E-state index >= 15 is 0 Å². The number of nitrogens with one attached hydrogen (secondary N) is 1. The lowest BCUT2D eigenvalue weighted by atomic mass is 10.0. The number of amides is 2. The van der Waals surface area contributed by atoms with Gasteiger partial charge in [-0.3, -0.25) is 19.5 Å². The van der Waals surface area contributed by atoms with Crippen LogP contribution in [0.25, 0.3) is 6.08 Å². The lowest BCUT2D eigenvalue weighted by Gasteiger charge is -2.49. The summed E-state index contributed by atoms with van der Waals surface area (Å²) in [5.74, 6) is -2.18. The monoisotopic (exact) mass is 501 g/mol. The summed E-state index contributed by atoms with van der Waals surface area (Å²) < 4.78 is 3.97. The quantitative estimate of drug-likeness (QED) is 0.265. The number of hydrogen-bond donors (Lipinski definition) is 3. The van der Waals surface area contributed by atoms with E-state index in [0.717, 1.165) is 17.1 Å². The van der Waals surface area contributed by atoms with E-state index in [1.807, 2.05) is 0 Å². The zero-order chi connectivity index (χ0) is 24.2. The van der Waals surface area contributed by atoms with Crippen molar-refractivity contribution in [3.8, 4) is 0 Å². The highest BCUT2D eigenvalue weighted by molar-refractivity contribution is 8.00. The molecule has 2 aromatic rings. The second-order valence-corrected chi connectivity index (χ2v) is 8.86. The van der Waals surface area contributed by atoms with Crippen LogP contribution in [-0.4, -0.2) is 71.6 Å². The van der Waals surface area contributed by atoms with Crippen LogP contribution in [0.2, 0.25) is 0 Å². The molecule has 1 unspecified atom stereocenters. The molecule has 2 amide bonds. The van der Waals surface area contributed by atoms with Gasteiger partial charge in [0.1, 0.15) is 23.7 Å². The zero-order valence-electron chi connectivity index (χ0n) is 17.7. The average molecular weight is 502 g/mol. The molecule has 176 valence electrons. The Bertz CT molecular complexity index is 1210. The number of thioether (sulfide) groups is 1. The van der Waals surface area contributed by atoms with Gasteiger partial charge in [0.15, 0.2) is 5.13 Å². The molecule has 0 aromatic carbocycles. The number of aromatic nitrogens is 3. The first-order valence-electron chi connectivity index (χ1n) is 10.00. The summed E-state index contributed by atoms with van der Waals surface area (Å²) in [7, 11) is 0. The number of carbonyl (C=O) groups excluding carboxylic acids is 2. The van der Waals surface area contributed by atoms with Crippen molar-refractivity contribution in [3.05, 3.63) is 53.3 Å². The van der Waals surface area contributed by atoms with Crippen molar-refractivity contribution in [2.45, 2.75) is 18.3 Å². The van der Waals surface area contributed by atoms with E-state index in [9.17, 15) is 19.5 Å². The first-order valence-corrected chi connectivity index (χ1v) is 11.8. The summed E-state index contributed by atoms with van der Waals surface area (Å²) in [6.07, 6.45) is 6.69. The van der Waals surface area contributed by atoms with E-state index in [0.29, 0.717) is 11.3 Å². The largest absolute Gasteiger partial charge is 0.477 e. The molecule has 2 atom stereocenters. The van der Waals surface area contributed by atoms with Crippen molar-refractivity contribution in [1.82, 2.24) is 24.6 Å². The van der Waals surface area contributed by atoms with Crippen LogP contribution in [-0.2, 0) is 19.2 Å². The van der Waals surface area contributed by atoms with Gasteiger partial charge in [-0.2, -0.15) is 9.36 Å². The van der Waals surface area contributed by atoms with Crippen molar-refractivity contribution in [1.29, 1.82) is 0 Å². The molecule has 1 fully saturated rings. The molecule has 4 heterocycles. The van der Waals surface area contributed by atoms with Gasteiger partial charge >= 0.3 is 5.97 Å². The van der Waals surface area contributed by atoms with Crippen LogP contribution in [0.4, 0.5) is 5.13 Å². The molecule has 2 aliphatic rings. The number of nitrogens with zero attached hydrogens (tertiary/aromatic N) is 5. The molecular formula is C20H19N7O5S2. The van der Waals surface area contributed by atoms with Crippen LogP contribution in [0.15, 0.2) is 47.0 Å². The van der Waals surface area contributed by atoms with Crippen molar-refractivity contribution < 1.29 is 24.3 Å². The van der Waals surface area contributed by atoms with Gasteiger partial charge in [0.05, 0.1) is 0 Å². The molecule has 2 aromatic heterocycles. The lowest BCUT2D eigenvalue weighted by Crippen LogP contribution is -2.71. The predicted octanol–water partition coefficient (Wildman–Crippen LogP) is 0.708. The Labute approximate surface area is 201 Å². The number of β-lactam (4-membered cyclic amide) rings is 1. The van der Waals surface area contributed by atoms with Crippen molar-refractivity contribution in [2.75, 3.05) is 18.1 Å². The number of carboxylic acid groups (broad SMARTS) is 1. The Balaban J connectivity index is 1.53. The molecule has 2 aliphatic heterocycles. The molecule has 0 bridgehead atoms. The summed E-state index contributed by atoms with van der Waals surface area (Å²) in [5, 5.41) is 15.7. The highest BCUT2D eigenvalue weighted by atomic mass is 32.2. The number of carbonyl (C=O) groups is 3. The summed E-state index contributed by atoms with van der Waals surface area (Å²) >= 11 is 2.23. The topological polar surface area (TPSA) is 173 Å². The molecule has 0 aliphatic carbocycles. The second-order valence-electron chi connectivity index (χ2n) is 6.97. The zero-order valence-corrected chi connectivity index (χ0v) is 19.4. The van der Waals surface area contributed by atoms with Crippen molar-refractivity contribution >= 4 is 58.0 Å². The number of aliphatic carboxylic acids is 1. The molecule has 0 radical (unpaired) electrons. The summed E-state index contributed by atoms with van der Waals surface area (Å²) in [6, 6.07) is 2.62. The highest BCUT2D eigenvalue weighted by Crippen LogP contribution is 2.40. The number of fused-ring (bicyclic) bond motifs is 1. The van der Waals surface area contributed by atoms with Crippen LogP contribution in [0, 0.1) is 0 Å². The number of rotatable bonds is 8. The summed E-state index contributed by atoms with van der Waals surface area (Å²) in [5.41, 5.74) is 6.60. The van der Waals surface area contributed by atoms with Gasteiger partial charge in [0, 0.05) is 29.7 Å². The third-order valence-electron chi connectivity index (χ3n) is 4.82. The average Bonchev–Trinajstić information content (AvgIpc) is 3.27. The van der Waals surface area contributed by atoms with Gasteiger partial charge in [-0.25, -0.2) is 4.79 Å². The number of oxime groups is 1. The maximum Gasteiger partial charge on any atom is 0.352 e. The van der Waals surface area contributed by atoms with E-state index in [2.05, 4.69) is 24.8 Å². The van der Waals surface area contributed by atoms with Gasteiger partial charge in [-0.1, -0.05) is 17.3 Å². The third kappa shape index (κ3) is 4.63. The van der Waals surface area contributed by atoms with Gasteiger partial charge in [-0.15, -0.1) is 11.8 Å². The van der Waals surface area contributed by atoms with E-state index in [-0.39, 0.29) is 29.0 Å². The number of pyridine rings is 1. The first-order chi connectivity index (χ1) is 16.4. The normalized spacial score (nSPS) is 20.2. The summed E-state index contributed by atoms with van der Waals surface area (Å²) in [4.78, 5) is 51.8. The SMILES string of the molecule is CCON=C(C(=O)NC1C(=O)N2C(C(=O)O)=C(C=Cc3ccncc3)CS[C@H]12)c1nsc(N)n1. The van der Waals surface area contributed by atoms with Crippen molar-refractivity contribution in [2.24, 2.45) is 5.16 Å². The molecule has 34 heavy (non-hydrogen) atoms. The highest BCUT2D eigenvalue weighted by Gasteiger charge is 2.54. The molecule has 4 N–H and O–H groups in total. The fraction of sp³-hybridized carbons (Fsp3) is 0.250. The number of allylic oxidation sites excluding steroid dienone is 1. The van der Waals surface area contributed by atoms with Crippen LogP contribution in [0.1, 0.15) is 18.3 Å². The van der Waals surface area contributed by atoms with Gasteiger partial charge in [0.2, 0.25) is 11.5 Å². The third-order valence-corrected chi connectivity index (χ3v) is 6.67. The fourth-order valence-electron chi connectivity index (χ4n) is 3.30. The minimum atomic E-state index is -1.22. The Morgan fingerprint density at radius 2 is 2.15 bits per heavy atom. The van der Waals surface area contributed by atoms with Crippen LogP contribution >= 0.6 is 23.3 Å². The molecule has 4 rings (SSSR count). The van der Waals surface area contributed by atoms with E-state index in [1.54, 1.807) is 43.6 Å². The number of nitrogen functional groups attached to an aromatic ring is 1.